The Kier molecular flexibility index (Phi) is 4.38. The molecule has 2 aromatic rings. The largest absolute Gasteiger partial charge is 0.477 e. The highest BCUT2D eigenvalue weighted by Gasteiger charge is 2.17. The number of aromatic carboxylic acids is 1. The summed E-state index contributed by atoms with van der Waals surface area (Å²) < 4.78 is 0. The first-order valence-electron chi connectivity index (χ1n) is 6.60. The van der Waals surface area contributed by atoms with Gasteiger partial charge in [-0.1, -0.05) is 20.8 Å². The number of carbonyl (C=O) groups is 1. The van der Waals surface area contributed by atoms with Crippen LogP contribution in [0.3, 0.4) is 0 Å². The molecule has 2 rings (SSSR count). The van der Waals surface area contributed by atoms with Crippen LogP contribution in [0.4, 0.5) is 0 Å². The zero-order valence-corrected chi connectivity index (χ0v) is 13.3. The van der Waals surface area contributed by atoms with E-state index in [-0.39, 0.29) is 11.1 Å². The SMILES string of the molecule is CC(C)(C)c1ncc(C=Cc2nc(C(=O)O)ccc2C#N)s1. The van der Waals surface area contributed by atoms with Crippen LogP contribution < -0.4 is 0 Å². The Hall–Kier alpha value is -2.52. The number of carboxylic acids is 1. The first kappa shape index (κ1) is 15.9. The molecule has 22 heavy (non-hydrogen) atoms. The molecule has 1 N–H and O–H groups in total. The minimum atomic E-state index is -1.12. The van der Waals surface area contributed by atoms with Crippen molar-refractivity contribution < 1.29 is 9.90 Å². The lowest BCUT2D eigenvalue weighted by Gasteiger charge is -2.13. The van der Waals surface area contributed by atoms with Crippen molar-refractivity contribution in [1.82, 2.24) is 9.97 Å². The zero-order chi connectivity index (χ0) is 16.3. The van der Waals surface area contributed by atoms with Gasteiger partial charge in [-0.15, -0.1) is 11.3 Å². The summed E-state index contributed by atoms with van der Waals surface area (Å²) in [5.41, 5.74) is 0.573. The summed E-state index contributed by atoms with van der Waals surface area (Å²) in [5.74, 6) is -1.12. The first-order chi connectivity index (χ1) is 10.3. The van der Waals surface area contributed by atoms with Gasteiger partial charge in [0.25, 0.3) is 0 Å². The van der Waals surface area contributed by atoms with Crippen LogP contribution in [0, 0.1) is 11.3 Å². The van der Waals surface area contributed by atoms with Gasteiger partial charge >= 0.3 is 5.97 Å². The molecular formula is C16H15N3O2S. The summed E-state index contributed by atoms with van der Waals surface area (Å²) in [7, 11) is 0. The Morgan fingerprint density at radius 1 is 1.36 bits per heavy atom. The van der Waals surface area contributed by atoms with Crippen LogP contribution in [0.1, 0.15) is 52.4 Å². The van der Waals surface area contributed by atoms with E-state index < -0.39 is 5.97 Å². The molecule has 2 heterocycles. The van der Waals surface area contributed by atoms with Gasteiger partial charge in [-0.25, -0.2) is 14.8 Å². The van der Waals surface area contributed by atoms with Gasteiger partial charge in [-0.05, 0) is 24.3 Å². The number of hydrogen-bond donors (Lipinski definition) is 1. The van der Waals surface area contributed by atoms with Crippen molar-refractivity contribution in [2.75, 3.05) is 0 Å². The number of nitriles is 1. The van der Waals surface area contributed by atoms with Gasteiger partial charge in [0.1, 0.15) is 11.8 Å². The molecule has 5 nitrogen and oxygen atoms in total. The number of hydrogen-bond acceptors (Lipinski definition) is 5. The molecule has 0 bridgehead atoms. The number of thiazole rings is 1. The van der Waals surface area contributed by atoms with Gasteiger partial charge in [0.05, 0.1) is 16.3 Å². The summed E-state index contributed by atoms with van der Waals surface area (Å²) in [4.78, 5) is 20.3. The van der Waals surface area contributed by atoms with Crippen molar-refractivity contribution in [3.63, 3.8) is 0 Å². The molecule has 0 unspecified atom stereocenters. The number of nitrogens with zero attached hydrogens (tertiary/aromatic N) is 3. The van der Waals surface area contributed by atoms with E-state index in [1.807, 2.05) is 6.07 Å². The van der Waals surface area contributed by atoms with Crippen LogP contribution in [-0.4, -0.2) is 21.0 Å². The Balaban J connectivity index is 2.33. The van der Waals surface area contributed by atoms with E-state index in [4.69, 9.17) is 10.4 Å². The molecule has 2 aromatic heterocycles. The highest BCUT2D eigenvalue weighted by atomic mass is 32.1. The molecule has 6 heteroatoms. The molecule has 0 atom stereocenters. The fourth-order valence-electron chi connectivity index (χ4n) is 1.69. The van der Waals surface area contributed by atoms with Crippen LogP contribution >= 0.6 is 11.3 Å². The topological polar surface area (TPSA) is 86.9 Å². The maximum Gasteiger partial charge on any atom is 0.354 e. The third-order valence-corrected chi connectivity index (χ3v) is 4.22. The van der Waals surface area contributed by atoms with Crippen molar-refractivity contribution in [2.24, 2.45) is 0 Å². The average Bonchev–Trinajstić information content (AvgIpc) is 2.93. The van der Waals surface area contributed by atoms with Crippen molar-refractivity contribution in [2.45, 2.75) is 26.2 Å². The lowest BCUT2D eigenvalue weighted by molar-refractivity contribution is 0.0690. The molecule has 0 aromatic carbocycles. The molecule has 0 radical (unpaired) electrons. The second-order valence-electron chi connectivity index (χ2n) is 5.70. The summed E-state index contributed by atoms with van der Waals surface area (Å²) in [6, 6.07) is 4.79. The molecule has 0 fully saturated rings. The molecule has 0 aliphatic carbocycles. The molecule has 0 aliphatic rings. The van der Waals surface area contributed by atoms with Gasteiger partial charge in [-0.2, -0.15) is 5.26 Å². The van der Waals surface area contributed by atoms with E-state index in [0.717, 1.165) is 9.88 Å². The number of rotatable bonds is 3. The molecule has 0 saturated carbocycles. The zero-order valence-electron chi connectivity index (χ0n) is 12.5. The molecule has 112 valence electrons. The van der Waals surface area contributed by atoms with E-state index in [9.17, 15) is 4.79 Å². The standard InChI is InChI=1S/C16H15N3O2S/c1-16(2,3)15-18-9-11(22-15)5-7-12-10(8-17)4-6-13(19-12)14(20)21/h4-7,9H,1-3H3,(H,20,21). The van der Waals surface area contributed by atoms with Crippen LogP contribution in [-0.2, 0) is 5.41 Å². The number of pyridine rings is 1. The predicted octanol–water partition coefficient (Wildman–Crippen LogP) is 3.58. The van der Waals surface area contributed by atoms with Crippen LogP contribution in [0.5, 0.6) is 0 Å². The smallest absolute Gasteiger partial charge is 0.354 e. The van der Waals surface area contributed by atoms with E-state index in [0.29, 0.717) is 11.3 Å². The van der Waals surface area contributed by atoms with Crippen molar-refractivity contribution in [1.29, 1.82) is 5.26 Å². The van der Waals surface area contributed by atoms with E-state index in [1.54, 1.807) is 29.7 Å². The molecule has 0 saturated heterocycles. The van der Waals surface area contributed by atoms with E-state index in [1.165, 1.54) is 12.1 Å². The third kappa shape index (κ3) is 3.57. The van der Waals surface area contributed by atoms with Gasteiger partial charge in [0.15, 0.2) is 0 Å². The predicted molar refractivity (Wildman–Crippen MR) is 85.7 cm³/mol. The fraction of sp³-hybridized carbons (Fsp3) is 0.250. The number of carboxylic acid groups (broad SMARTS) is 1. The minimum absolute atomic E-state index is 0.0178. The van der Waals surface area contributed by atoms with Crippen LogP contribution in [0.25, 0.3) is 12.2 Å². The van der Waals surface area contributed by atoms with Gasteiger partial charge in [0, 0.05) is 16.5 Å². The van der Waals surface area contributed by atoms with E-state index in [2.05, 4.69) is 30.7 Å². The monoisotopic (exact) mass is 313 g/mol. The van der Waals surface area contributed by atoms with Crippen molar-refractivity contribution in [3.05, 3.63) is 45.2 Å². The highest BCUT2D eigenvalue weighted by Crippen LogP contribution is 2.27. The summed E-state index contributed by atoms with van der Waals surface area (Å²) in [6.07, 6.45) is 5.20. The van der Waals surface area contributed by atoms with Gasteiger partial charge in [-0.3, -0.25) is 0 Å². The minimum Gasteiger partial charge on any atom is -0.477 e. The second-order valence-corrected chi connectivity index (χ2v) is 6.76. The Bertz CT molecular complexity index is 779. The lowest BCUT2D eigenvalue weighted by atomic mass is 9.98. The second kappa shape index (κ2) is 6.08. The van der Waals surface area contributed by atoms with E-state index >= 15 is 0 Å². The van der Waals surface area contributed by atoms with Gasteiger partial charge < -0.3 is 5.11 Å². The Labute approximate surface area is 132 Å². The maximum atomic E-state index is 11.0. The third-order valence-electron chi connectivity index (χ3n) is 2.83. The molecule has 0 aliphatic heterocycles. The highest BCUT2D eigenvalue weighted by molar-refractivity contribution is 7.12. The lowest BCUT2D eigenvalue weighted by Crippen LogP contribution is -2.09. The summed E-state index contributed by atoms with van der Waals surface area (Å²) in [5, 5.41) is 19.1. The Morgan fingerprint density at radius 2 is 2.09 bits per heavy atom. The summed E-state index contributed by atoms with van der Waals surface area (Å²) in [6.45, 7) is 6.26. The first-order valence-corrected chi connectivity index (χ1v) is 7.42. The van der Waals surface area contributed by atoms with Crippen molar-refractivity contribution >= 4 is 29.5 Å². The fourth-order valence-corrected chi connectivity index (χ4v) is 2.56. The summed E-state index contributed by atoms with van der Waals surface area (Å²) >= 11 is 1.56. The molecular weight excluding hydrogens is 298 g/mol. The van der Waals surface area contributed by atoms with Crippen LogP contribution in [0.2, 0.25) is 0 Å². The normalized spacial score (nSPS) is 11.5. The average molecular weight is 313 g/mol. The maximum absolute atomic E-state index is 11.0. The number of aromatic nitrogens is 2. The van der Waals surface area contributed by atoms with Gasteiger partial charge in [0.2, 0.25) is 0 Å². The Morgan fingerprint density at radius 3 is 2.64 bits per heavy atom. The molecule has 0 spiro atoms. The molecule has 0 amide bonds. The quantitative estimate of drug-likeness (QED) is 0.936. The van der Waals surface area contributed by atoms with Crippen LogP contribution in [0.15, 0.2) is 18.3 Å². The van der Waals surface area contributed by atoms with Crippen molar-refractivity contribution in [3.8, 4) is 6.07 Å².